The fourth-order valence-electron chi connectivity index (χ4n) is 1.58. The van der Waals surface area contributed by atoms with Gasteiger partial charge in [0.1, 0.15) is 11.6 Å². The normalized spacial score (nSPS) is 11.5. The standard InChI is InChI=1S/C14H25N3O2/c1-7-11-16-12(15-5)10(2)13(17-11)19-9-8-14(3,4)18-6/h7-9H2,1-6H3,(H,15,16,17). The van der Waals surface area contributed by atoms with E-state index in [4.69, 9.17) is 9.47 Å². The molecule has 0 atom stereocenters. The van der Waals surface area contributed by atoms with E-state index in [0.717, 1.165) is 30.0 Å². The first kappa shape index (κ1) is 15.7. The first-order valence-corrected chi connectivity index (χ1v) is 6.66. The van der Waals surface area contributed by atoms with Gasteiger partial charge in [-0.2, -0.15) is 4.98 Å². The molecule has 0 fully saturated rings. The van der Waals surface area contributed by atoms with Crippen molar-refractivity contribution in [2.24, 2.45) is 0 Å². The molecule has 5 nitrogen and oxygen atoms in total. The number of nitrogens with zero attached hydrogens (tertiary/aromatic N) is 2. The fraction of sp³-hybridized carbons (Fsp3) is 0.714. The van der Waals surface area contributed by atoms with Crippen LogP contribution in [-0.2, 0) is 11.2 Å². The molecule has 1 aromatic rings. The van der Waals surface area contributed by atoms with Crippen LogP contribution in [0.4, 0.5) is 5.82 Å². The summed E-state index contributed by atoms with van der Waals surface area (Å²) in [4.78, 5) is 8.85. The molecule has 108 valence electrons. The Morgan fingerprint density at radius 1 is 1.26 bits per heavy atom. The molecule has 0 amide bonds. The summed E-state index contributed by atoms with van der Waals surface area (Å²) >= 11 is 0. The lowest BCUT2D eigenvalue weighted by atomic mass is 10.1. The topological polar surface area (TPSA) is 56.3 Å². The number of aryl methyl sites for hydroxylation is 1. The fourth-order valence-corrected chi connectivity index (χ4v) is 1.58. The van der Waals surface area contributed by atoms with Crippen LogP contribution in [0, 0.1) is 6.92 Å². The Bertz CT molecular complexity index is 419. The van der Waals surface area contributed by atoms with Crippen molar-refractivity contribution in [3.8, 4) is 5.88 Å². The van der Waals surface area contributed by atoms with E-state index in [1.54, 1.807) is 7.11 Å². The Kier molecular flexibility index (Phi) is 5.54. The van der Waals surface area contributed by atoms with Gasteiger partial charge in [-0.1, -0.05) is 6.92 Å². The highest BCUT2D eigenvalue weighted by atomic mass is 16.5. The highest BCUT2D eigenvalue weighted by molar-refractivity contribution is 5.48. The lowest BCUT2D eigenvalue weighted by Gasteiger charge is -2.22. The average Bonchev–Trinajstić information content (AvgIpc) is 2.40. The van der Waals surface area contributed by atoms with Crippen molar-refractivity contribution in [3.63, 3.8) is 0 Å². The summed E-state index contributed by atoms with van der Waals surface area (Å²) in [6.07, 6.45) is 1.60. The van der Waals surface area contributed by atoms with E-state index in [2.05, 4.69) is 15.3 Å². The van der Waals surface area contributed by atoms with Crippen LogP contribution in [0.3, 0.4) is 0 Å². The zero-order valence-corrected chi connectivity index (χ0v) is 12.8. The van der Waals surface area contributed by atoms with Gasteiger partial charge >= 0.3 is 0 Å². The Balaban J connectivity index is 2.77. The molecule has 0 radical (unpaired) electrons. The molecule has 5 heteroatoms. The van der Waals surface area contributed by atoms with Crippen molar-refractivity contribution in [2.45, 2.75) is 46.1 Å². The lowest BCUT2D eigenvalue weighted by molar-refractivity contribution is 0.00500. The molecule has 1 aromatic heterocycles. The third-order valence-corrected chi connectivity index (χ3v) is 3.20. The minimum Gasteiger partial charge on any atom is -0.477 e. The van der Waals surface area contributed by atoms with E-state index in [0.29, 0.717) is 12.5 Å². The maximum absolute atomic E-state index is 5.79. The van der Waals surface area contributed by atoms with Crippen molar-refractivity contribution >= 4 is 5.82 Å². The molecule has 0 aliphatic rings. The second-order valence-corrected chi connectivity index (χ2v) is 5.08. The molecule has 0 aliphatic heterocycles. The molecule has 1 heterocycles. The summed E-state index contributed by atoms with van der Waals surface area (Å²) in [5.41, 5.74) is 0.760. The predicted octanol–water partition coefficient (Wildman–Crippen LogP) is 2.58. The van der Waals surface area contributed by atoms with E-state index >= 15 is 0 Å². The maximum Gasteiger partial charge on any atom is 0.221 e. The largest absolute Gasteiger partial charge is 0.477 e. The van der Waals surface area contributed by atoms with Gasteiger partial charge < -0.3 is 14.8 Å². The van der Waals surface area contributed by atoms with Gasteiger partial charge in [-0.05, 0) is 20.8 Å². The number of rotatable bonds is 7. The molecule has 0 unspecified atom stereocenters. The molecule has 0 saturated carbocycles. The second-order valence-electron chi connectivity index (χ2n) is 5.08. The first-order chi connectivity index (χ1) is 8.93. The molecule has 0 saturated heterocycles. The van der Waals surface area contributed by atoms with E-state index in [9.17, 15) is 0 Å². The van der Waals surface area contributed by atoms with Gasteiger partial charge in [-0.15, -0.1) is 0 Å². The van der Waals surface area contributed by atoms with E-state index in [1.807, 2.05) is 34.7 Å². The summed E-state index contributed by atoms with van der Waals surface area (Å²) < 4.78 is 11.2. The van der Waals surface area contributed by atoms with E-state index < -0.39 is 0 Å². The number of hydrogen-bond acceptors (Lipinski definition) is 5. The SMILES string of the molecule is CCc1nc(NC)c(C)c(OCCC(C)(C)OC)n1. The number of aromatic nitrogens is 2. The molecule has 1 N–H and O–H groups in total. The molecule has 19 heavy (non-hydrogen) atoms. The van der Waals surface area contributed by atoms with E-state index in [1.165, 1.54) is 0 Å². The average molecular weight is 267 g/mol. The molecule has 0 aliphatic carbocycles. The predicted molar refractivity (Wildman–Crippen MR) is 76.9 cm³/mol. The van der Waals surface area contributed by atoms with E-state index in [-0.39, 0.29) is 5.60 Å². The zero-order chi connectivity index (χ0) is 14.5. The van der Waals surface area contributed by atoms with Gasteiger partial charge in [0.05, 0.1) is 17.8 Å². The number of anilines is 1. The van der Waals surface area contributed by atoms with Crippen LogP contribution < -0.4 is 10.1 Å². The number of ether oxygens (including phenoxy) is 2. The summed E-state index contributed by atoms with van der Waals surface area (Å²) in [6.45, 7) is 8.65. The molecule has 0 aromatic carbocycles. The number of nitrogens with one attached hydrogen (secondary N) is 1. The van der Waals surface area contributed by atoms with Gasteiger partial charge in [0.2, 0.25) is 5.88 Å². The Hall–Kier alpha value is -1.36. The van der Waals surface area contributed by atoms with Crippen LogP contribution in [0.1, 0.15) is 38.6 Å². The maximum atomic E-state index is 5.79. The minimum atomic E-state index is -0.180. The Morgan fingerprint density at radius 2 is 1.95 bits per heavy atom. The van der Waals surface area contributed by atoms with Crippen LogP contribution >= 0.6 is 0 Å². The Labute approximate surface area is 115 Å². The van der Waals surface area contributed by atoms with Gasteiger partial charge in [0.15, 0.2) is 0 Å². The van der Waals surface area contributed by atoms with Crippen molar-refractivity contribution < 1.29 is 9.47 Å². The van der Waals surface area contributed by atoms with Crippen LogP contribution in [0.25, 0.3) is 0 Å². The van der Waals surface area contributed by atoms with Crippen LogP contribution in [0.15, 0.2) is 0 Å². The minimum absolute atomic E-state index is 0.180. The van der Waals surface area contributed by atoms with Crippen molar-refractivity contribution in [3.05, 3.63) is 11.4 Å². The third-order valence-electron chi connectivity index (χ3n) is 3.20. The summed E-state index contributed by atoms with van der Waals surface area (Å²) in [5, 5.41) is 3.07. The monoisotopic (exact) mass is 267 g/mol. The molecular formula is C14H25N3O2. The summed E-state index contributed by atoms with van der Waals surface area (Å²) in [5.74, 6) is 2.27. The molecular weight excluding hydrogens is 242 g/mol. The van der Waals surface area contributed by atoms with Crippen molar-refractivity contribution in [1.82, 2.24) is 9.97 Å². The lowest BCUT2D eigenvalue weighted by Crippen LogP contribution is -2.25. The highest BCUT2D eigenvalue weighted by Crippen LogP contribution is 2.23. The van der Waals surface area contributed by atoms with Crippen molar-refractivity contribution in [2.75, 3.05) is 26.1 Å². The van der Waals surface area contributed by atoms with Crippen LogP contribution in [0.5, 0.6) is 5.88 Å². The summed E-state index contributed by atoms with van der Waals surface area (Å²) in [6, 6.07) is 0. The molecule has 1 rings (SSSR count). The van der Waals surface area contributed by atoms with Gasteiger partial charge in [0, 0.05) is 27.0 Å². The highest BCUT2D eigenvalue weighted by Gasteiger charge is 2.17. The summed E-state index contributed by atoms with van der Waals surface area (Å²) in [7, 11) is 3.57. The van der Waals surface area contributed by atoms with Gasteiger partial charge in [-0.25, -0.2) is 4.98 Å². The number of hydrogen-bond donors (Lipinski definition) is 1. The third kappa shape index (κ3) is 4.35. The van der Waals surface area contributed by atoms with Gasteiger partial charge in [-0.3, -0.25) is 0 Å². The smallest absolute Gasteiger partial charge is 0.221 e. The molecule has 0 bridgehead atoms. The van der Waals surface area contributed by atoms with Gasteiger partial charge in [0.25, 0.3) is 0 Å². The van der Waals surface area contributed by atoms with Crippen LogP contribution in [-0.4, -0.2) is 36.3 Å². The zero-order valence-electron chi connectivity index (χ0n) is 12.8. The number of methoxy groups -OCH3 is 1. The Morgan fingerprint density at radius 3 is 2.47 bits per heavy atom. The van der Waals surface area contributed by atoms with Crippen LogP contribution in [0.2, 0.25) is 0 Å². The quantitative estimate of drug-likeness (QED) is 0.823. The first-order valence-electron chi connectivity index (χ1n) is 6.66. The molecule has 0 spiro atoms. The second kappa shape index (κ2) is 6.70. The van der Waals surface area contributed by atoms with Crippen molar-refractivity contribution in [1.29, 1.82) is 0 Å².